The topological polar surface area (TPSA) is 46.5 Å². The molecule has 4 aromatic rings. The fourth-order valence-corrected chi connectivity index (χ4v) is 4.74. The van der Waals surface area contributed by atoms with Gasteiger partial charge in [0.15, 0.2) is 0 Å². The van der Waals surface area contributed by atoms with Crippen LogP contribution in [0.3, 0.4) is 0 Å². The number of pyridine rings is 1. The minimum absolute atomic E-state index is 0.595. The fraction of sp³-hybridized carbons (Fsp3) is 0.304. The number of aromatic amines is 1. The molecule has 0 spiro atoms. The summed E-state index contributed by atoms with van der Waals surface area (Å²) in [5.74, 6) is 0.595. The highest BCUT2D eigenvalue weighted by Crippen LogP contribution is 2.38. The Morgan fingerprint density at radius 1 is 1.03 bits per heavy atom. The Bertz CT molecular complexity index is 1140. The zero-order valence-electron chi connectivity index (χ0n) is 16.0. The average Bonchev–Trinajstić information content (AvgIpc) is 3.37. The van der Waals surface area contributed by atoms with Gasteiger partial charge in [-0.15, -0.1) is 0 Å². The van der Waals surface area contributed by atoms with Crippen LogP contribution in [0.25, 0.3) is 22.2 Å². The van der Waals surface area contributed by atoms with Crippen molar-refractivity contribution in [2.45, 2.75) is 44.6 Å². The molecule has 3 heterocycles. The number of hydrogen-bond donors (Lipinski definition) is 1. The Hall–Kier alpha value is -2.30. The lowest BCUT2D eigenvalue weighted by molar-refractivity contribution is 0.438. The van der Waals surface area contributed by atoms with Crippen LogP contribution in [-0.4, -0.2) is 19.7 Å². The van der Waals surface area contributed by atoms with E-state index in [-0.39, 0.29) is 0 Å². The standard InChI is InChI=1S/C23H22Cl2N4/c24-18-8-6-15(7-9-18)13-29-14-17(11-27-29)22-19-10-21(16-4-2-1-3-5-16)28-23(19)26-12-20(22)25/h6-12,14,16H,1-5,13H2,(H,26,28). The molecule has 148 valence electrons. The van der Waals surface area contributed by atoms with Crippen LogP contribution in [0.4, 0.5) is 0 Å². The van der Waals surface area contributed by atoms with Crippen molar-refractivity contribution >= 4 is 34.2 Å². The van der Waals surface area contributed by atoms with Gasteiger partial charge in [-0.25, -0.2) is 4.98 Å². The van der Waals surface area contributed by atoms with Crippen molar-refractivity contribution in [3.8, 4) is 11.1 Å². The third kappa shape index (κ3) is 3.79. The summed E-state index contributed by atoms with van der Waals surface area (Å²) in [6.07, 6.45) is 12.1. The number of nitrogens with one attached hydrogen (secondary N) is 1. The maximum atomic E-state index is 6.59. The van der Waals surface area contributed by atoms with Crippen molar-refractivity contribution in [2.75, 3.05) is 0 Å². The SMILES string of the molecule is Clc1ccc(Cn2cc(-c3c(Cl)cnc4[nH]c(C5CCCCC5)cc34)cn2)cc1. The van der Waals surface area contributed by atoms with Gasteiger partial charge in [0, 0.05) is 39.6 Å². The van der Waals surface area contributed by atoms with E-state index < -0.39 is 0 Å². The number of hydrogen-bond acceptors (Lipinski definition) is 2. The van der Waals surface area contributed by atoms with E-state index in [2.05, 4.69) is 21.1 Å². The van der Waals surface area contributed by atoms with Crippen molar-refractivity contribution in [1.29, 1.82) is 0 Å². The van der Waals surface area contributed by atoms with E-state index in [1.165, 1.54) is 37.8 Å². The molecule has 6 heteroatoms. The molecule has 1 aromatic carbocycles. The minimum atomic E-state index is 0.595. The first-order valence-electron chi connectivity index (χ1n) is 10.1. The van der Waals surface area contributed by atoms with Crippen molar-refractivity contribution in [1.82, 2.24) is 19.7 Å². The van der Waals surface area contributed by atoms with Crippen molar-refractivity contribution < 1.29 is 0 Å². The summed E-state index contributed by atoms with van der Waals surface area (Å²) < 4.78 is 1.93. The molecule has 1 N–H and O–H groups in total. The molecule has 0 atom stereocenters. The summed E-state index contributed by atoms with van der Waals surface area (Å²) in [5, 5.41) is 7.01. The number of halogens is 2. The van der Waals surface area contributed by atoms with E-state index in [0.29, 0.717) is 17.5 Å². The Balaban J connectivity index is 1.49. The molecule has 29 heavy (non-hydrogen) atoms. The van der Waals surface area contributed by atoms with Gasteiger partial charge in [-0.05, 0) is 42.5 Å². The van der Waals surface area contributed by atoms with Gasteiger partial charge >= 0.3 is 0 Å². The number of rotatable bonds is 4. The van der Waals surface area contributed by atoms with Crippen LogP contribution < -0.4 is 0 Å². The summed E-state index contributed by atoms with van der Waals surface area (Å²) in [6, 6.07) is 10.1. The number of aromatic nitrogens is 4. The molecule has 1 aliphatic carbocycles. The van der Waals surface area contributed by atoms with Crippen LogP contribution >= 0.6 is 23.2 Å². The van der Waals surface area contributed by atoms with Crippen LogP contribution in [0.2, 0.25) is 10.0 Å². The molecule has 0 bridgehead atoms. The molecule has 1 saturated carbocycles. The normalized spacial score (nSPS) is 15.2. The lowest BCUT2D eigenvalue weighted by atomic mass is 9.87. The number of nitrogens with zero attached hydrogens (tertiary/aromatic N) is 3. The molecule has 3 aromatic heterocycles. The van der Waals surface area contributed by atoms with Gasteiger partial charge in [0.1, 0.15) is 5.65 Å². The van der Waals surface area contributed by atoms with Gasteiger partial charge in [0.25, 0.3) is 0 Å². The Morgan fingerprint density at radius 3 is 2.62 bits per heavy atom. The Labute approximate surface area is 179 Å². The molecule has 0 saturated heterocycles. The molecule has 0 unspecified atom stereocenters. The third-order valence-corrected chi connectivity index (χ3v) is 6.40. The second kappa shape index (κ2) is 7.85. The van der Waals surface area contributed by atoms with Crippen LogP contribution in [0.1, 0.15) is 49.3 Å². The molecule has 1 aliphatic rings. The zero-order valence-corrected chi connectivity index (χ0v) is 17.5. The first-order valence-corrected chi connectivity index (χ1v) is 10.9. The van der Waals surface area contributed by atoms with E-state index in [1.807, 2.05) is 41.3 Å². The third-order valence-electron chi connectivity index (χ3n) is 5.86. The first kappa shape index (κ1) is 18.7. The van der Waals surface area contributed by atoms with Gasteiger partial charge in [-0.3, -0.25) is 4.68 Å². The van der Waals surface area contributed by atoms with Crippen molar-refractivity contribution in [3.05, 3.63) is 70.2 Å². The molecule has 5 rings (SSSR count). The molecule has 0 amide bonds. The number of H-pyrrole nitrogens is 1. The summed E-state index contributed by atoms with van der Waals surface area (Å²) in [4.78, 5) is 8.08. The van der Waals surface area contributed by atoms with Crippen molar-refractivity contribution in [2.24, 2.45) is 0 Å². The van der Waals surface area contributed by atoms with Gasteiger partial charge in [0.05, 0.1) is 17.8 Å². The maximum absolute atomic E-state index is 6.59. The van der Waals surface area contributed by atoms with Crippen LogP contribution in [0.15, 0.2) is 48.9 Å². The first-order chi connectivity index (χ1) is 14.2. The highest BCUT2D eigenvalue weighted by molar-refractivity contribution is 6.34. The van der Waals surface area contributed by atoms with E-state index in [1.54, 1.807) is 6.20 Å². The van der Waals surface area contributed by atoms with E-state index in [0.717, 1.165) is 32.7 Å². The molecular weight excluding hydrogens is 403 g/mol. The lowest BCUT2D eigenvalue weighted by Crippen LogP contribution is -2.04. The number of benzene rings is 1. The predicted molar refractivity (Wildman–Crippen MR) is 119 cm³/mol. The van der Waals surface area contributed by atoms with Crippen LogP contribution in [0.5, 0.6) is 0 Å². The van der Waals surface area contributed by atoms with Gasteiger partial charge in [0.2, 0.25) is 0 Å². The summed E-state index contributed by atoms with van der Waals surface area (Å²) >= 11 is 12.6. The van der Waals surface area contributed by atoms with Gasteiger partial charge < -0.3 is 4.98 Å². The highest BCUT2D eigenvalue weighted by Gasteiger charge is 2.20. The van der Waals surface area contributed by atoms with Gasteiger partial charge in [-0.1, -0.05) is 54.6 Å². The van der Waals surface area contributed by atoms with E-state index in [4.69, 9.17) is 23.2 Å². The molecule has 4 nitrogen and oxygen atoms in total. The Morgan fingerprint density at radius 2 is 1.83 bits per heavy atom. The lowest BCUT2D eigenvalue weighted by Gasteiger charge is -2.20. The van der Waals surface area contributed by atoms with Gasteiger partial charge in [-0.2, -0.15) is 5.10 Å². The fourth-order valence-electron chi connectivity index (χ4n) is 4.35. The van der Waals surface area contributed by atoms with E-state index >= 15 is 0 Å². The number of fused-ring (bicyclic) bond motifs is 1. The molecule has 1 fully saturated rings. The van der Waals surface area contributed by atoms with Crippen molar-refractivity contribution in [3.63, 3.8) is 0 Å². The monoisotopic (exact) mass is 424 g/mol. The van der Waals surface area contributed by atoms with Crippen LogP contribution in [-0.2, 0) is 6.54 Å². The highest BCUT2D eigenvalue weighted by atomic mass is 35.5. The largest absolute Gasteiger partial charge is 0.343 e. The molecule has 0 aliphatic heterocycles. The summed E-state index contributed by atoms with van der Waals surface area (Å²) in [6.45, 7) is 0.684. The summed E-state index contributed by atoms with van der Waals surface area (Å²) in [7, 11) is 0. The molecular formula is C23H22Cl2N4. The average molecular weight is 425 g/mol. The molecule has 0 radical (unpaired) electrons. The second-order valence-electron chi connectivity index (χ2n) is 7.86. The second-order valence-corrected chi connectivity index (χ2v) is 8.70. The minimum Gasteiger partial charge on any atom is -0.343 e. The smallest absolute Gasteiger partial charge is 0.138 e. The van der Waals surface area contributed by atoms with Crippen LogP contribution in [0, 0.1) is 0 Å². The maximum Gasteiger partial charge on any atom is 0.138 e. The van der Waals surface area contributed by atoms with E-state index in [9.17, 15) is 0 Å². The zero-order chi connectivity index (χ0) is 19.8. The Kier molecular flexibility index (Phi) is 5.06. The summed E-state index contributed by atoms with van der Waals surface area (Å²) in [5.41, 5.74) is 5.33. The quantitative estimate of drug-likeness (QED) is 0.390. The predicted octanol–water partition coefficient (Wildman–Crippen LogP) is 6.83.